The van der Waals surface area contributed by atoms with Crippen molar-refractivity contribution >= 4 is 11.9 Å². The first-order valence-electron chi connectivity index (χ1n) is 11.7. The molecule has 0 unspecified atom stereocenters. The molecule has 1 saturated heterocycles. The summed E-state index contributed by atoms with van der Waals surface area (Å²) in [5.74, 6) is -0.00341. The second-order valence-electron chi connectivity index (χ2n) is 9.04. The van der Waals surface area contributed by atoms with Crippen molar-refractivity contribution in [3.8, 4) is 0 Å². The number of nitrogens with zero attached hydrogens (tertiary/aromatic N) is 1. The number of carbonyl (C=O) groups is 2. The van der Waals surface area contributed by atoms with E-state index in [2.05, 4.69) is 53.8 Å². The molecule has 5 nitrogen and oxygen atoms in total. The van der Waals surface area contributed by atoms with E-state index in [1.165, 1.54) is 20.9 Å². The van der Waals surface area contributed by atoms with Crippen LogP contribution in [-0.2, 0) is 17.6 Å². The van der Waals surface area contributed by atoms with Crippen LogP contribution >= 0.6 is 0 Å². The number of hydrogen-bond acceptors (Lipinski definition) is 2. The molecule has 2 N–H and O–H groups in total. The molecule has 2 aliphatic rings. The van der Waals surface area contributed by atoms with Gasteiger partial charge in [0, 0.05) is 12.8 Å². The number of carbonyl (C=O) groups excluding carboxylic acids is 2. The molecule has 0 aromatic heterocycles. The Kier molecular flexibility index (Phi) is 7.03. The number of amides is 3. The van der Waals surface area contributed by atoms with Gasteiger partial charge in [0.05, 0.1) is 13.1 Å². The summed E-state index contributed by atoms with van der Waals surface area (Å²) in [6.07, 6.45) is 7.73. The van der Waals surface area contributed by atoms with E-state index in [1.807, 2.05) is 12.1 Å². The molecule has 2 aromatic carbocycles. The van der Waals surface area contributed by atoms with E-state index in [0.717, 1.165) is 64.5 Å². The maximum atomic E-state index is 13.4. The zero-order valence-corrected chi connectivity index (χ0v) is 18.3. The zero-order chi connectivity index (χ0) is 21.5. The second-order valence-corrected chi connectivity index (χ2v) is 9.04. The molecule has 1 saturated carbocycles. The van der Waals surface area contributed by atoms with Crippen LogP contribution in [0.2, 0.25) is 0 Å². The molecule has 164 valence electrons. The van der Waals surface area contributed by atoms with E-state index in [-0.39, 0.29) is 11.9 Å². The lowest BCUT2D eigenvalue weighted by molar-refractivity contribution is -0.907. The molecule has 0 atom stereocenters. The molecular weight excluding hydrogens is 386 g/mol. The van der Waals surface area contributed by atoms with Gasteiger partial charge in [0.25, 0.3) is 5.91 Å². The molecule has 1 aliphatic heterocycles. The average Bonchev–Trinajstić information content (AvgIpc) is 2.95. The van der Waals surface area contributed by atoms with Crippen molar-refractivity contribution in [2.45, 2.75) is 56.9 Å². The van der Waals surface area contributed by atoms with Crippen LogP contribution in [-0.4, -0.2) is 42.1 Å². The van der Waals surface area contributed by atoms with E-state index in [4.69, 9.17) is 0 Å². The molecule has 2 aromatic rings. The smallest absolute Gasteiger partial charge is 0.323 e. The van der Waals surface area contributed by atoms with Crippen molar-refractivity contribution in [2.24, 2.45) is 0 Å². The fraction of sp³-hybridized carbons (Fsp3) is 0.462. The minimum Gasteiger partial charge on any atom is -0.323 e. The van der Waals surface area contributed by atoms with E-state index in [9.17, 15) is 9.59 Å². The number of rotatable bonds is 8. The van der Waals surface area contributed by atoms with Crippen molar-refractivity contribution in [3.63, 3.8) is 0 Å². The number of quaternary nitrogens is 1. The van der Waals surface area contributed by atoms with Crippen LogP contribution in [0.3, 0.4) is 0 Å². The van der Waals surface area contributed by atoms with Crippen LogP contribution in [0.5, 0.6) is 0 Å². The summed E-state index contributed by atoms with van der Waals surface area (Å²) in [6, 6.07) is 20.7. The first-order chi connectivity index (χ1) is 15.2. The molecule has 0 bridgehead atoms. The highest BCUT2D eigenvalue weighted by Gasteiger charge is 2.51. The number of nitrogens with one attached hydrogen (secondary N) is 2. The Bertz CT molecular complexity index is 817. The molecular formula is C26H34N3O2+. The van der Waals surface area contributed by atoms with Gasteiger partial charge in [0.1, 0.15) is 5.54 Å². The van der Waals surface area contributed by atoms with Gasteiger partial charge in [-0.15, -0.1) is 0 Å². The van der Waals surface area contributed by atoms with Crippen LogP contribution < -0.4 is 10.2 Å². The van der Waals surface area contributed by atoms with Crippen LogP contribution in [0.25, 0.3) is 0 Å². The lowest BCUT2D eigenvalue weighted by Crippen LogP contribution is -3.14. The standard InChI is InChI=1S/C26H33N3O2/c30-24-26(17-9-1-2-10-18-26)27-25(31)29(24)21-28(19-15-22-11-5-3-6-12-22)20-16-23-13-7-4-8-14-23/h3-8,11-14H,1-2,9-10,15-21H2,(H,27,31)/p+1. The second kappa shape index (κ2) is 10.1. The molecule has 5 heteroatoms. The van der Waals surface area contributed by atoms with E-state index < -0.39 is 5.54 Å². The maximum absolute atomic E-state index is 13.4. The van der Waals surface area contributed by atoms with Crippen molar-refractivity contribution in [3.05, 3.63) is 71.8 Å². The Balaban J connectivity index is 1.44. The first kappa shape index (κ1) is 21.6. The summed E-state index contributed by atoms with van der Waals surface area (Å²) < 4.78 is 0. The van der Waals surface area contributed by atoms with Crippen molar-refractivity contribution < 1.29 is 14.5 Å². The quantitative estimate of drug-likeness (QED) is 0.645. The Morgan fingerprint density at radius 3 is 1.81 bits per heavy atom. The molecule has 4 rings (SSSR count). The van der Waals surface area contributed by atoms with Crippen molar-refractivity contribution in [1.29, 1.82) is 0 Å². The molecule has 31 heavy (non-hydrogen) atoms. The van der Waals surface area contributed by atoms with Gasteiger partial charge in [-0.3, -0.25) is 4.79 Å². The first-order valence-corrected chi connectivity index (χ1v) is 11.7. The SMILES string of the molecule is O=C1NC2(CCCCCC2)C(=O)N1C[NH+](CCc1ccccc1)CCc1ccccc1. The summed E-state index contributed by atoms with van der Waals surface area (Å²) >= 11 is 0. The van der Waals surface area contributed by atoms with Gasteiger partial charge in [-0.25, -0.2) is 9.69 Å². The van der Waals surface area contributed by atoms with Crippen molar-refractivity contribution in [1.82, 2.24) is 10.2 Å². The van der Waals surface area contributed by atoms with E-state index in [0.29, 0.717) is 6.67 Å². The van der Waals surface area contributed by atoms with Gasteiger partial charge in [-0.1, -0.05) is 86.3 Å². The largest absolute Gasteiger partial charge is 0.329 e. The predicted molar refractivity (Wildman–Crippen MR) is 122 cm³/mol. The Morgan fingerprint density at radius 2 is 1.29 bits per heavy atom. The zero-order valence-electron chi connectivity index (χ0n) is 18.3. The summed E-state index contributed by atoms with van der Waals surface area (Å²) in [7, 11) is 0. The van der Waals surface area contributed by atoms with Crippen LogP contribution in [0.1, 0.15) is 49.7 Å². The van der Waals surface area contributed by atoms with Gasteiger partial charge in [-0.2, -0.15) is 0 Å². The summed E-state index contributed by atoms with van der Waals surface area (Å²) in [5.41, 5.74) is 1.92. The highest BCUT2D eigenvalue weighted by molar-refractivity contribution is 6.06. The molecule has 0 radical (unpaired) electrons. The number of benzene rings is 2. The summed E-state index contributed by atoms with van der Waals surface area (Å²) in [5, 5.41) is 3.09. The van der Waals surface area contributed by atoms with Gasteiger partial charge in [0.2, 0.25) is 0 Å². The summed E-state index contributed by atoms with van der Waals surface area (Å²) in [6.45, 7) is 2.22. The van der Waals surface area contributed by atoms with E-state index >= 15 is 0 Å². The van der Waals surface area contributed by atoms with E-state index in [1.54, 1.807) is 0 Å². The minimum absolute atomic E-state index is 0.00341. The topological polar surface area (TPSA) is 53.9 Å². The summed E-state index contributed by atoms with van der Waals surface area (Å²) in [4.78, 5) is 29.0. The third-order valence-electron chi connectivity index (χ3n) is 6.80. The number of imide groups is 1. The molecule has 1 heterocycles. The molecule has 2 fully saturated rings. The highest BCUT2D eigenvalue weighted by Crippen LogP contribution is 2.32. The average molecular weight is 421 g/mol. The highest BCUT2D eigenvalue weighted by atomic mass is 16.2. The normalized spacial score (nSPS) is 18.4. The fourth-order valence-corrected chi connectivity index (χ4v) is 4.93. The maximum Gasteiger partial charge on any atom is 0.329 e. The lowest BCUT2D eigenvalue weighted by Gasteiger charge is -2.26. The Morgan fingerprint density at radius 1 is 0.774 bits per heavy atom. The fourth-order valence-electron chi connectivity index (χ4n) is 4.93. The third kappa shape index (κ3) is 5.34. The van der Waals surface area contributed by atoms with Gasteiger partial charge in [0.15, 0.2) is 6.67 Å². The van der Waals surface area contributed by atoms with Crippen LogP contribution in [0.15, 0.2) is 60.7 Å². The van der Waals surface area contributed by atoms with Crippen LogP contribution in [0, 0.1) is 0 Å². The van der Waals surface area contributed by atoms with Crippen molar-refractivity contribution in [2.75, 3.05) is 19.8 Å². The van der Waals surface area contributed by atoms with Crippen LogP contribution in [0.4, 0.5) is 4.79 Å². The number of hydrogen-bond donors (Lipinski definition) is 2. The Labute approximate surface area is 185 Å². The molecule has 1 aliphatic carbocycles. The predicted octanol–water partition coefficient (Wildman–Crippen LogP) is 2.96. The van der Waals surface area contributed by atoms with Gasteiger partial charge >= 0.3 is 6.03 Å². The van der Waals surface area contributed by atoms with Gasteiger partial charge in [-0.05, 0) is 24.0 Å². The molecule has 1 spiro atoms. The third-order valence-corrected chi connectivity index (χ3v) is 6.80. The van der Waals surface area contributed by atoms with Gasteiger partial charge < -0.3 is 10.2 Å². The monoisotopic (exact) mass is 420 g/mol. The Hall–Kier alpha value is -2.66. The number of urea groups is 1. The molecule has 3 amide bonds. The minimum atomic E-state index is -0.655. The lowest BCUT2D eigenvalue weighted by atomic mass is 9.90.